The van der Waals surface area contributed by atoms with E-state index >= 15 is 0 Å². The summed E-state index contributed by atoms with van der Waals surface area (Å²) < 4.78 is 31.0. The molecule has 1 unspecified atom stereocenters. The Morgan fingerprint density at radius 3 is 2.52 bits per heavy atom. The number of ether oxygens (including phenoxy) is 1. The number of carbonyl (C=O) groups excluding carboxylic acids is 1. The summed E-state index contributed by atoms with van der Waals surface area (Å²) in [6.07, 6.45) is 1.32. The second-order valence-corrected chi connectivity index (χ2v) is 6.85. The molecule has 0 radical (unpaired) electrons. The maximum absolute atomic E-state index is 12.0. The van der Waals surface area contributed by atoms with Gasteiger partial charge in [-0.15, -0.1) is 11.6 Å². The Balaban J connectivity index is 2.72. The van der Waals surface area contributed by atoms with Crippen LogP contribution in [0.1, 0.15) is 18.4 Å². The van der Waals surface area contributed by atoms with E-state index in [1.54, 1.807) is 0 Å². The molecule has 1 N–H and O–H groups in total. The number of hydrogen-bond acceptors (Lipinski definition) is 4. The Kier molecular flexibility index (Phi) is 7.71. The molecule has 0 aliphatic rings. The van der Waals surface area contributed by atoms with Crippen LogP contribution in [-0.2, 0) is 26.0 Å². The molecule has 0 aliphatic heterocycles. The van der Waals surface area contributed by atoms with Crippen LogP contribution in [0.4, 0.5) is 0 Å². The molecule has 0 spiro atoms. The van der Waals surface area contributed by atoms with E-state index in [4.69, 9.17) is 11.6 Å². The van der Waals surface area contributed by atoms with E-state index < -0.39 is 22.0 Å². The Bertz CT molecular complexity index is 533. The van der Waals surface area contributed by atoms with E-state index in [1.165, 1.54) is 7.11 Å². The van der Waals surface area contributed by atoms with Gasteiger partial charge in [0.2, 0.25) is 10.0 Å². The highest BCUT2D eigenvalue weighted by molar-refractivity contribution is 7.89. The zero-order valence-corrected chi connectivity index (χ0v) is 13.5. The molecule has 0 saturated heterocycles. The fourth-order valence-electron chi connectivity index (χ4n) is 1.83. The van der Waals surface area contributed by atoms with E-state index in [0.29, 0.717) is 18.7 Å². The summed E-state index contributed by atoms with van der Waals surface area (Å²) in [6, 6.07) is 8.26. The van der Waals surface area contributed by atoms with Gasteiger partial charge in [-0.1, -0.05) is 30.3 Å². The number of rotatable bonds is 9. The summed E-state index contributed by atoms with van der Waals surface area (Å²) in [6.45, 7) is 0. The average Bonchev–Trinajstić information content (AvgIpc) is 2.46. The number of halogens is 1. The molecule has 0 saturated carbocycles. The number of unbranched alkanes of at least 4 members (excludes halogenated alkanes) is 1. The number of sulfonamides is 1. The molecule has 21 heavy (non-hydrogen) atoms. The Labute approximate surface area is 130 Å². The van der Waals surface area contributed by atoms with E-state index in [0.717, 1.165) is 5.56 Å². The fourth-order valence-corrected chi connectivity index (χ4v) is 3.33. The van der Waals surface area contributed by atoms with Crippen LogP contribution in [0.25, 0.3) is 0 Å². The van der Waals surface area contributed by atoms with Crippen molar-refractivity contribution in [2.45, 2.75) is 25.3 Å². The van der Waals surface area contributed by atoms with Crippen LogP contribution in [0.15, 0.2) is 30.3 Å². The molecule has 0 fully saturated rings. The number of carbonyl (C=O) groups is 1. The molecule has 0 aliphatic carbocycles. The van der Waals surface area contributed by atoms with E-state index in [9.17, 15) is 13.2 Å². The standard InChI is InChI=1S/C14H20ClNO4S/c1-20-14(17)13(11-12-7-3-2-4-8-12)16-21(18,19)10-6-5-9-15/h2-4,7-8,13,16H,5-6,9-11H2,1H3. The van der Waals surface area contributed by atoms with E-state index in [2.05, 4.69) is 9.46 Å². The van der Waals surface area contributed by atoms with Crippen molar-refractivity contribution < 1.29 is 17.9 Å². The van der Waals surface area contributed by atoms with Gasteiger partial charge in [-0.25, -0.2) is 13.1 Å². The van der Waals surface area contributed by atoms with Crippen LogP contribution in [0.5, 0.6) is 0 Å². The van der Waals surface area contributed by atoms with Crippen molar-refractivity contribution in [3.63, 3.8) is 0 Å². The van der Waals surface area contributed by atoms with Gasteiger partial charge in [0.15, 0.2) is 0 Å². The predicted octanol–water partition coefficient (Wildman–Crippen LogP) is 1.71. The summed E-state index contributed by atoms with van der Waals surface area (Å²) in [5.41, 5.74) is 0.858. The first-order valence-electron chi connectivity index (χ1n) is 6.66. The Morgan fingerprint density at radius 2 is 1.95 bits per heavy atom. The minimum absolute atomic E-state index is 0.0536. The molecule has 7 heteroatoms. The van der Waals surface area contributed by atoms with Crippen molar-refractivity contribution in [1.29, 1.82) is 0 Å². The molecular formula is C14H20ClNO4S. The molecule has 118 valence electrons. The topological polar surface area (TPSA) is 72.5 Å². The lowest BCUT2D eigenvalue weighted by atomic mass is 10.1. The van der Waals surface area contributed by atoms with Gasteiger partial charge in [-0.3, -0.25) is 4.79 Å². The number of esters is 1. The molecule has 0 aromatic heterocycles. The lowest BCUT2D eigenvalue weighted by Crippen LogP contribution is -2.43. The first-order chi connectivity index (χ1) is 9.98. The Morgan fingerprint density at radius 1 is 1.29 bits per heavy atom. The summed E-state index contributed by atoms with van der Waals surface area (Å²) in [7, 11) is -2.30. The highest BCUT2D eigenvalue weighted by Crippen LogP contribution is 2.07. The van der Waals surface area contributed by atoms with Crippen LogP contribution in [0, 0.1) is 0 Å². The van der Waals surface area contributed by atoms with Gasteiger partial charge in [-0.2, -0.15) is 0 Å². The molecule has 0 amide bonds. The molecule has 1 atom stereocenters. The highest BCUT2D eigenvalue weighted by atomic mass is 35.5. The largest absolute Gasteiger partial charge is 0.468 e. The molecular weight excluding hydrogens is 314 g/mol. The average molecular weight is 334 g/mol. The van der Waals surface area contributed by atoms with Crippen molar-refractivity contribution in [3.05, 3.63) is 35.9 Å². The van der Waals surface area contributed by atoms with Gasteiger partial charge in [0.25, 0.3) is 0 Å². The summed E-state index contributed by atoms with van der Waals surface area (Å²) >= 11 is 5.53. The molecule has 0 bridgehead atoms. The van der Waals surface area contributed by atoms with Gasteiger partial charge >= 0.3 is 5.97 Å². The van der Waals surface area contributed by atoms with Crippen LogP contribution in [0.2, 0.25) is 0 Å². The van der Waals surface area contributed by atoms with Crippen LogP contribution < -0.4 is 4.72 Å². The molecule has 5 nitrogen and oxygen atoms in total. The van der Waals surface area contributed by atoms with Gasteiger partial charge in [-0.05, 0) is 24.8 Å². The van der Waals surface area contributed by atoms with Crippen molar-refractivity contribution in [2.24, 2.45) is 0 Å². The summed E-state index contributed by atoms with van der Waals surface area (Å²) in [5.74, 6) is -0.234. The number of alkyl halides is 1. The lowest BCUT2D eigenvalue weighted by Gasteiger charge is -2.16. The second kappa shape index (κ2) is 9.02. The first-order valence-corrected chi connectivity index (χ1v) is 8.85. The monoisotopic (exact) mass is 333 g/mol. The van der Waals surface area contributed by atoms with Crippen LogP contribution >= 0.6 is 11.6 Å². The van der Waals surface area contributed by atoms with Crippen molar-refractivity contribution in [1.82, 2.24) is 4.72 Å². The SMILES string of the molecule is COC(=O)C(Cc1ccccc1)NS(=O)(=O)CCCCCl. The summed E-state index contributed by atoms with van der Waals surface area (Å²) in [5, 5.41) is 0. The van der Waals surface area contributed by atoms with Gasteiger partial charge in [0, 0.05) is 5.88 Å². The smallest absolute Gasteiger partial charge is 0.324 e. The quantitative estimate of drug-likeness (QED) is 0.424. The normalized spacial score (nSPS) is 12.9. The number of benzene rings is 1. The van der Waals surface area contributed by atoms with Crippen LogP contribution in [-0.4, -0.2) is 39.2 Å². The first kappa shape index (κ1) is 17.9. The second-order valence-electron chi connectivity index (χ2n) is 4.60. The van der Waals surface area contributed by atoms with Crippen LogP contribution in [0.3, 0.4) is 0 Å². The van der Waals surface area contributed by atoms with Gasteiger partial charge in [0.1, 0.15) is 6.04 Å². The van der Waals surface area contributed by atoms with Crippen molar-refractivity contribution in [3.8, 4) is 0 Å². The third kappa shape index (κ3) is 6.93. The number of methoxy groups -OCH3 is 1. The highest BCUT2D eigenvalue weighted by Gasteiger charge is 2.25. The maximum Gasteiger partial charge on any atom is 0.324 e. The molecule has 1 aromatic rings. The maximum atomic E-state index is 12.0. The van der Waals surface area contributed by atoms with Crippen molar-refractivity contribution in [2.75, 3.05) is 18.7 Å². The van der Waals surface area contributed by atoms with Gasteiger partial charge in [0.05, 0.1) is 12.9 Å². The number of hydrogen-bond donors (Lipinski definition) is 1. The minimum Gasteiger partial charge on any atom is -0.468 e. The van der Waals surface area contributed by atoms with E-state index in [-0.39, 0.29) is 12.2 Å². The molecule has 1 aromatic carbocycles. The Hall–Kier alpha value is -1.11. The number of nitrogens with one attached hydrogen (secondary N) is 1. The zero-order chi connectivity index (χ0) is 15.7. The molecule has 1 rings (SSSR count). The third-order valence-electron chi connectivity index (χ3n) is 2.89. The molecule has 0 heterocycles. The van der Waals surface area contributed by atoms with Crippen molar-refractivity contribution >= 4 is 27.6 Å². The fraction of sp³-hybridized carbons (Fsp3) is 0.500. The van der Waals surface area contributed by atoms with Gasteiger partial charge < -0.3 is 4.74 Å². The third-order valence-corrected chi connectivity index (χ3v) is 4.62. The lowest BCUT2D eigenvalue weighted by molar-refractivity contribution is -0.142. The zero-order valence-electron chi connectivity index (χ0n) is 11.9. The van der Waals surface area contributed by atoms with E-state index in [1.807, 2.05) is 30.3 Å². The summed E-state index contributed by atoms with van der Waals surface area (Å²) in [4.78, 5) is 11.8. The minimum atomic E-state index is -3.54. The predicted molar refractivity (Wildman–Crippen MR) is 82.8 cm³/mol.